The molecule has 0 aliphatic carbocycles. The molecule has 0 atom stereocenters. The normalized spacial score (nSPS) is 11.8. The van der Waals surface area contributed by atoms with E-state index in [-0.39, 0.29) is 0 Å². The zero-order valence-electron chi connectivity index (χ0n) is 12.7. The summed E-state index contributed by atoms with van der Waals surface area (Å²) in [5.41, 5.74) is -0.491. The molecule has 126 valence electrons. The number of ether oxygens (including phenoxy) is 1. The highest BCUT2D eigenvalue weighted by Crippen LogP contribution is 2.42. The molecule has 0 bridgehead atoms. The van der Waals surface area contributed by atoms with Crippen molar-refractivity contribution < 1.29 is 28.4 Å². The van der Waals surface area contributed by atoms with Gasteiger partial charge in [0.1, 0.15) is 6.61 Å². The molecule has 0 fully saturated rings. The van der Waals surface area contributed by atoms with E-state index in [1.54, 1.807) is 60.7 Å². The summed E-state index contributed by atoms with van der Waals surface area (Å²) in [6.45, 7) is 2.82. The van der Waals surface area contributed by atoms with Gasteiger partial charge in [-0.05, 0) is 0 Å². The average Bonchev–Trinajstić information content (AvgIpc) is 2.59. The predicted molar refractivity (Wildman–Crippen MR) is 87.9 cm³/mol. The second kappa shape index (κ2) is 7.55. The van der Waals surface area contributed by atoms with Crippen LogP contribution in [-0.2, 0) is 24.2 Å². The molecule has 0 unspecified atom stereocenters. The van der Waals surface area contributed by atoms with Crippen LogP contribution in [0.3, 0.4) is 0 Å². The molecule has 0 amide bonds. The molecule has 7 heteroatoms. The first-order valence-electron chi connectivity index (χ1n) is 7.04. The summed E-state index contributed by atoms with van der Waals surface area (Å²) in [6.07, 6.45) is 0.984. The van der Waals surface area contributed by atoms with E-state index in [9.17, 15) is 9.36 Å². The Morgan fingerprint density at radius 3 is 1.88 bits per heavy atom. The van der Waals surface area contributed by atoms with Crippen LogP contribution in [0.5, 0.6) is 0 Å². The summed E-state index contributed by atoms with van der Waals surface area (Å²) in [4.78, 5) is 30.1. The smallest absolute Gasteiger partial charge is 0.444 e. The molecular weight excluding hydrogens is 331 g/mol. The molecule has 0 saturated heterocycles. The van der Waals surface area contributed by atoms with Gasteiger partial charge in [-0.1, -0.05) is 67.2 Å². The Balaban J connectivity index is 2.60. The van der Waals surface area contributed by atoms with E-state index in [4.69, 9.17) is 19.0 Å². The highest BCUT2D eigenvalue weighted by molar-refractivity contribution is 7.46. The lowest BCUT2D eigenvalue weighted by atomic mass is 9.86. The van der Waals surface area contributed by atoms with Crippen molar-refractivity contribution >= 4 is 13.8 Å². The lowest BCUT2D eigenvalue weighted by Gasteiger charge is -2.34. The number of esters is 1. The van der Waals surface area contributed by atoms with Crippen LogP contribution in [0.25, 0.3) is 0 Å². The summed E-state index contributed by atoms with van der Waals surface area (Å²) in [5.74, 6) is -0.739. The molecule has 0 heterocycles. The monoisotopic (exact) mass is 348 g/mol. The standard InChI is InChI=1S/C17H17O6P/c1-2-16(18)23-17(13-22-24(19,20)21,14-9-5-3-6-10-14)15-11-7-4-8-12-15/h2-12H,1,13H2,(H2,19,20,21). The Labute approximate surface area is 139 Å². The molecule has 2 N–H and O–H groups in total. The second-order valence-corrected chi connectivity index (χ2v) is 6.19. The Bertz CT molecular complexity index is 699. The highest BCUT2D eigenvalue weighted by atomic mass is 31.2. The van der Waals surface area contributed by atoms with E-state index in [2.05, 4.69) is 6.58 Å². The minimum Gasteiger partial charge on any atom is -0.444 e. The lowest BCUT2D eigenvalue weighted by Crippen LogP contribution is -2.38. The molecule has 6 nitrogen and oxygen atoms in total. The number of carbonyl (C=O) groups is 1. The van der Waals surface area contributed by atoms with Crippen LogP contribution in [0.4, 0.5) is 0 Å². The van der Waals surface area contributed by atoms with Crippen molar-refractivity contribution in [1.29, 1.82) is 0 Å². The van der Waals surface area contributed by atoms with E-state index in [1.165, 1.54) is 0 Å². The Kier molecular flexibility index (Phi) is 5.70. The van der Waals surface area contributed by atoms with Crippen molar-refractivity contribution in [3.8, 4) is 0 Å². The number of phosphoric acid groups is 1. The predicted octanol–water partition coefficient (Wildman–Crippen LogP) is 2.77. The fourth-order valence-electron chi connectivity index (χ4n) is 2.28. The zero-order chi connectivity index (χ0) is 17.6. The van der Waals surface area contributed by atoms with Gasteiger partial charge in [0.2, 0.25) is 0 Å². The van der Waals surface area contributed by atoms with Gasteiger partial charge in [0, 0.05) is 17.2 Å². The van der Waals surface area contributed by atoms with Crippen LogP contribution >= 0.6 is 7.82 Å². The number of phosphoric ester groups is 1. The van der Waals surface area contributed by atoms with Crippen molar-refractivity contribution in [3.05, 3.63) is 84.4 Å². The summed E-state index contributed by atoms with van der Waals surface area (Å²) < 4.78 is 21.4. The van der Waals surface area contributed by atoms with Crippen molar-refractivity contribution in [2.75, 3.05) is 6.61 Å². The first kappa shape index (κ1) is 18.1. The van der Waals surface area contributed by atoms with Crippen LogP contribution in [0.2, 0.25) is 0 Å². The first-order valence-corrected chi connectivity index (χ1v) is 8.57. The van der Waals surface area contributed by atoms with E-state index in [1.807, 2.05) is 0 Å². The van der Waals surface area contributed by atoms with E-state index >= 15 is 0 Å². The fourth-order valence-corrected chi connectivity index (χ4v) is 2.63. The molecule has 2 rings (SSSR count). The summed E-state index contributed by atoms with van der Waals surface area (Å²) in [7, 11) is -4.77. The maximum absolute atomic E-state index is 11.9. The van der Waals surface area contributed by atoms with Gasteiger partial charge >= 0.3 is 13.8 Å². The summed E-state index contributed by atoms with van der Waals surface area (Å²) in [5, 5.41) is 0. The van der Waals surface area contributed by atoms with Crippen LogP contribution in [0.15, 0.2) is 73.3 Å². The largest absolute Gasteiger partial charge is 0.469 e. The number of hydrogen-bond donors (Lipinski definition) is 2. The zero-order valence-corrected chi connectivity index (χ0v) is 13.6. The third-order valence-corrected chi connectivity index (χ3v) is 3.82. The van der Waals surface area contributed by atoms with Gasteiger partial charge in [0.05, 0.1) is 0 Å². The molecule has 24 heavy (non-hydrogen) atoms. The molecule has 0 spiro atoms. The Morgan fingerprint density at radius 2 is 1.50 bits per heavy atom. The SMILES string of the molecule is C=CC(=O)OC(COP(=O)(O)O)(c1ccccc1)c1ccccc1. The summed E-state index contributed by atoms with van der Waals surface area (Å²) in [6, 6.07) is 17.2. The van der Waals surface area contributed by atoms with E-state index in [0.29, 0.717) is 11.1 Å². The van der Waals surface area contributed by atoms with Crippen molar-refractivity contribution in [3.63, 3.8) is 0 Å². The van der Waals surface area contributed by atoms with Crippen LogP contribution in [0, 0.1) is 0 Å². The molecule has 2 aromatic rings. The highest BCUT2D eigenvalue weighted by Gasteiger charge is 2.40. The molecule has 0 aliphatic heterocycles. The van der Waals surface area contributed by atoms with Crippen LogP contribution in [0.1, 0.15) is 11.1 Å². The third-order valence-electron chi connectivity index (χ3n) is 3.36. The molecular formula is C17H17O6P. The molecule has 0 radical (unpaired) electrons. The van der Waals surface area contributed by atoms with Gasteiger partial charge < -0.3 is 14.5 Å². The van der Waals surface area contributed by atoms with E-state index < -0.39 is 26.0 Å². The minimum absolute atomic E-state index is 0.514. The first-order chi connectivity index (χ1) is 11.4. The minimum atomic E-state index is -4.77. The molecule has 0 aliphatic rings. The Hall–Kier alpha value is -2.24. The second-order valence-electron chi connectivity index (χ2n) is 4.95. The Morgan fingerprint density at radius 1 is 1.04 bits per heavy atom. The van der Waals surface area contributed by atoms with Gasteiger partial charge in [-0.2, -0.15) is 0 Å². The van der Waals surface area contributed by atoms with Crippen LogP contribution < -0.4 is 0 Å². The molecule has 0 aromatic heterocycles. The number of benzene rings is 2. The quantitative estimate of drug-likeness (QED) is 0.454. The van der Waals surface area contributed by atoms with Gasteiger partial charge in [-0.25, -0.2) is 9.36 Å². The third kappa shape index (κ3) is 4.40. The van der Waals surface area contributed by atoms with Gasteiger partial charge in [0.15, 0.2) is 5.60 Å². The topological polar surface area (TPSA) is 93.1 Å². The number of carbonyl (C=O) groups excluding carboxylic acids is 1. The van der Waals surface area contributed by atoms with Crippen LogP contribution in [-0.4, -0.2) is 22.4 Å². The van der Waals surface area contributed by atoms with E-state index in [0.717, 1.165) is 6.08 Å². The van der Waals surface area contributed by atoms with Gasteiger partial charge in [-0.3, -0.25) is 4.52 Å². The van der Waals surface area contributed by atoms with Gasteiger partial charge in [-0.15, -0.1) is 0 Å². The lowest BCUT2D eigenvalue weighted by molar-refractivity contribution is -0.154. The molecule has 2 aromatic carbocycles. The fraction of sp³-hybridized carbons (Fsp3) is 0.118. The van der Waals surface area contributed by atoms with Crippen molar-refractivity contribution in [2.45, 2.75) is 5.60 Å². The number of rotatable bonds is 7. The molecule has 0 saturated carbocycles. The summed E-state index contributed by atoms with van der Waals surface area (Å²) >= 11 is 0. The van der Waals surface area contributed by atoms with Crippen molar-refractivity contribution in [2.24, 2.45) is 0 Å². The maximum atomic E-state index is 11.9. The van der Waals surface area contributed by atoms with Gasteiger partial charge in [0.25, 0.3) is 0 Å². The maximum Gasteiger partial charge on any atom is 0.469 e. The number of hydrogen-bond acceptors (Lipinski definition) is 4. The average molecular weight is 348 g/mol. The van der Waals surface area contributed by atoms with Crippen molar-refractivity contribution in [1.82, 2.24) is 0 Å².